The van der Waals surface area contributed by atoms with Crippen molar-refractivity contribution in [1.29, 1.82) is 0 Å². The van der Waals surface area contributed by atoms with Crippen LogP contribution in [0, 0.1) is 19.8 Å². The molecule has 4 rings (SSSR count). The Labute approximate surface area is 151 Å². The minimum atomic E-state index is 0.581. The zero-order valence-electron chi connectivity index (χ0n) is 14.4. The Kier molecular flexibility index (Phi) is 4.21. The molecule has 2 aromatic heterocycles. The van der Waals surface area contributed by atoms with Crippen LogP contribution in [0.4, 0.5) is 11.5 Å². The average molecular weight is 357 g/mol. The second kappa shape index (κ2) is 6.52. The summed E-state index contributed by atoms with van der Waals surface area (Å²) >= 11 is 6.16. The van der Waals surface area contributed by atoms with Crippen molar-refractivity contribution in [2.45, 2.75) is 20.3 Å². The predicted octanol–water partition coefficient (Wildman–Crippen LogP) is 3.33. The first-order valence-electron chi connectivity index (χ1n) is 8.54. The van der Waals surface area contributed by atoms with E-state index in [0.29, 0.717) is 5.92 Å². The quantitative estimate of drug-likeness (QED) is 0.777. The van der Waals surface area contributed by atoms with Gasteiger partial charge in [0.05, 0.1) is 0 Å². The van der Waals surface area contributed by atoms with Gasteiger partial charge in [-0.2, -0.15) is 4.52 Å². The van der Waals surface area contributed by atoms with E-state index < -0.39 is 0 Å². The van der Waals surface area contributed by atoms with Crippen LogP contribution in [-0.2, 0) is 0 Å². The van der Waals surface area contributed by atoms with Crippen molar-refractivity contribution in [1.82, 2.24) is 19.8 Å². The fourth-order valence-corrected chi connectivity index (χ4v) is 3.55. The van der Waals surface area contributed by atoms with Crippen molar-refractivity contribution in [3.63, 3.8) is 0 Å². The Morgan fingerprint density at radius 3 is 2.96 bits per heavy atom. The largest absolute Gasteiger partial charge is 0.371 e. The highest BCUT2D eigenvalue weighted by Gasteiger charge is 2.23. The third-order valence-electron chi connectivity index (χ3n) is 4.79. The molecule has 1 aliphatic rings. The lowest BCUT2D eigenvalue weighted by molar-refractivity contribution is 0.620. The zero-order chi connectivity index (χ0) is 17.4. The van der Waals surface area contributed by atoms with Gasteiger partial charge >= 0.3 is 0 Å². The third-order valence-corrected chi connectivity index (χ3v) is 5.02. The number of fused-ring (bicyclic) bond motifs is 1. The molecule has 0 radical (unpaired) electrons. The molecule has 0 aliphatic carbocycles. The summed E-state index contributed by atoms with van der Waals surface area (Å²) < 4.78 is 1.76. The van der Waals surface area contributed by atoms with Crippen molar-refractivity contribution in [2.24, 2.45) is 5.92 Å². The second-order valence-corrected chi connectivity index (χ2v) is 7.08. The van der Waals surface area contributed by atoms with Gasteiger partial charge in [-0.1, -0.05) is 17.7 Å². The van der Waals surface area contributed by atoms with Crippen LogP contribution in [0.1, 0.15) is 17.8 Å². The molecule has 3 aromatic rings. The summed E-state index contributed by atoms with van der Waals surface area (Å²) in [7, 11) is 0. The highest BCUT2D eigenvalue weighted by molar-refractivity contribution is 6.30. The van der Waals surface area contributed by atoms with E-state index >= 15 is 0 Å². The van der Waals surface area contributed by atoms with Crippen molar-refractivity contribution in [3.05, 3.63) is 46.7 Å². The summed E-state index contributed by atoms with van der Waals surface area (Å²) in [6.07, 6.45) is 1.16. The first kappa shape index (κ1) is 16.1. The second-order valence-electron chi connectivity index (χ2n) is 6.65. The number of nitrogens with zero attached hydrogens (tertiary/aromatic N) is 5. The summed E-state index contributed by atoms with van der Waals surface area (Å²) in [5.41, 5.74) is 3.29. The molecule has 25 heavy (non-hydrogen) atoms. The van der Waals surface area contributed by atoms with E-state index in [1.807, 2.05) is 25.1 Å². The van der Waals surface area contributed by atoms with E-state index in [1.165, 1.54) is 11.3 Å². The molecule has 7 heteroatoms. The third kappa shape index (κ3) is 3.26. The van der Waals surface area contributed by atoms with Crippen molar-refractivity contribution in [2.75, 3.05) is 29.9 Å². The fourth-order valence-electron chi connectivity index (χ4n) is 3.38. The molecule has 6 nitrogen and oxygen atoms in total. The van der Waals surface area contributed by atoms with Gasteiger partial charge in [0.15, 0.2) is 11.5 Å². The molecule has 1 N–H and O–H groups in total. The van der Waals surface area contributed by atoms with Gasteiger partial charge in [0, 0.05) is 30.3 Å². The number of rotatable bonds is 4. The van der Waals surface area contributed by atoms with Gasteiger partial charge in [0.2, 0.25) is 0 Å². The number of hydrogen-bond acceptors (Lipinski definition) is 5. The SMILES string of the molecule is Cc1ccc(Cl)cc1N1CCC(CNc2ccc3nnc(C)n3n2)C1. The van der Waals surface area contributed by atoms with Crippen LogP contribution < -0.4 is 10.2 Å². The molecule has 0 amide bonds. The Morgan fingerprint density at radius 1 is 1.20 bits per heavy atom. The zero-order valence-corrected chi connectivity index (χ0v) is 15.2. The molecule has 1 unspecified atom stereocenters. The van der Waals surface area contributed by atoms with Crippen LogP contribution >= 0.6 is 11.6 Å². The number of nitrogens with one attached hydrogen (secondary N) is 1. The lowest BCUT2D eigenvalue weighted by atomic mass is 10.1. The lowest BCUT2D eigenvalue weighted by Gasteiger charge is -2.21. The van der Waals surface area contributed by atoms with E-state index in [0.717, 1.165) is 48.4 Å². The van der Waals surface area contributed by atoms with Crippen LogP contribution in [0.3, 0.4) is 0 Å². The van der Waals surface area contributed by atoms with Crippen LogP contribution in [-0.4, -0.2) is 39.4 Å². The number of benzene rings is 1. The number of anilines is 2. The minimum absolute atomic E-state index is 0.581. The highest BCUT2D eigenvalue weighted by atomic mass is 35.5. The first-order valence-corrected chi connectivity index (χ1v) is 8.92. The maximum atomic E-state index is 6.16. The van der Waals surface area contributed by atoms with Gasteiger partial charge in [-0.3, -0.25) is 0 Å². The normalized spacial score (nSPS) is 17.4. The van der Waals surface area contributed by atoms with E-state index in [1.54, 1.807) is 4.52 Å². The smallest absolute Gasteiger partial charge is 0.178 e. The molecule has 3 heterocycles. The summed E-state index contributed by atoms with van der Waals surface area (Å²) in [4.78, 5) is 2.42. The molecule has 0 bridgehead atoms. The summed E-state index contributed by atoms with van der Waals surface area (Å²) in [6, 6.07) is 9.99. The minimum Gasteiger partial charge on any atom is -0.371 e. The standard InChI is InChI=1S/C18H21ClN6/c1-12-3-4-15(19)9-16(12)24-8-7-14(11-24)10-20-17-5-6-18-22-21-13(2)25(18)23-17/h3-6,9,14H,7-8,10-11H2,1-2H3,(H,20,23). The van der Waals surface area contributed by atoms with Gasteiger partial charge in [-0.25, -0.2) is 0 Å². The summed E-state index contributed by atoms with van der Waals surface area (Å²) in [5.74, 6) is 2.23. The number of hydrogen-bond donors (Lipinski definition) is 1. The van der Waals surface area contributed by atoms with Crippen molar-refractivity contribution in [3.8, 4) is 0 Å². The van der Waals surface area contributed by atoms with Gasteiger partial charge in [0.1, 0.15) is 5.82 Å². The molecule has 1 aliphatic heterocycles. The van der Waals surface area contributed by atoms with E-state index in [2.05, 4.69) is 44.6 Å². The van der Waals surface area contributed by atoms with Crippen LogP contribution in [0.2, 0.25) is 5.02 Å². The highest BCUT2D eigenvalue weighted by Crippen LogP contribution is 2.29. The molecular weight excluding hydrogens is 336 g/mol. The van der Waals surface area contributed by atoms with E-state index in [4.69, 9.17) is 11.6 Å². The maximum Gasteiger partial charge on any atom is 0.178 e. The number of aryl methyl sites for hydroxylation is 2. The average Bonchev–Trinajstić information content (AvgIpc) is 3.22. The van der Waals surface area contributed by atoms with E-state index in [-0.39, 0.29) is 0 Å². The fraction of sp³-hybridized carbons (Fsp3) is 0.389. The Hall–Kier alpha value is -2.34. The van der Waals surface area contributed by atoms with Gasteiger partial charge in [0.25, 0.3) is 0 Å². The Morgan fingerprint density at radius 2 is 2.08 bits per heavy atom. The van der Waals surface area contributed by atoms with Crippen LogP contribution in [0.5, 0.6) is 0 Å². The van der Waals surface area contributed by atoms with Gasteiger partial charge in [-0.05, 0) is 56.0 Å². The molecular formula is C18H21ClN6. The molecule has 0 saturated carbocycles. The maximum absolute atomic E-state index is 6.16. The Bertz CT molecular complexity index is 906. The molecule has 1 fully saturated rings. The predicted molar refractivity (Wildman–Crippen MR) is 101 cm³/mol. The Balaban J connectivity index is 1.40. The summed E-state index contributed by atoms with van der Waals surface area (Å²) in [6.45, 7) is 7.03. The van der Waals surface area contributed by atoms with Crippen LogP contribution in [0.15, 0.2) is 30.3 Å². The molecule has 0 spiro atoms. The first-order chi connectivity index (χ1) is 12.1. The van der Waals surface area contributed by atoms with Crippen molar-refractivity contribution < 1.29 is 0 Å². The number of halogens is 1. The van der Waals surface area contributed by atoms with Gasteiger partial charge in [-0.15, -0.1) is 15.3 Å². The van der Waals surface area contributed by atoms with E-state index in [9.17, 15) is 0 Å². The molecule has 130 valence electrons. The van der Waals surface area contributed by atoms with Gasteiger partial charge < -0.3 is 10.2 Å². The number of aromatic nitrogens is 4. The van der Waals surface area contributed by atoms with Crippen LogP contribution in [0.25, 0.3) is 5.65 Å². The molecule has 1 aromatic carbocycles. The summed E-state index contributed by atoms with van der Waals surface area (Å²) in [5, 5.41) is 16.9. The molecule has 1 atom stereocenters. The monoisotopic (exact) mass is 356 g/mol. The lowest BCUT2D eigenvalue weighted by Crippen LogP contribution is -2.23. The molecule has 1 saturated heterocycles. The topological polar surface area (TPSA) is 58.3 Å². The van der Waals surface area contributed by atoms with Crippen molar-refractivity contribution >= 4 is 28.8 Å².